The van der Waals surface area contributed by atoms with Crippen LogP contribution in [0.3, 0.4) is 0 Å². The highest BCUT2D eigenvalue weighted by Gasteiger charge is 2.34. The lowest BCUT2D eigenvalue weighted by Crippen LogP contribution is -2.09. The van der Waals surface area contributed by atoms with Crippen LogP contribution in [-0.4, -0.2) is 8.75 Å². The normalized spacial score (nSPS) is 12.5. The van der Waals surface area contributed by atoms with Gasteiger partial charge in [0, 0.05) is 30.6 Å². The van der Waals surface area contributed by atoms with Gasteiger partial charge in [0.15, 0.2) is 0 Å². The minimum atomic E-state index is -4.42. The van der Waals surface area contributed by atoms with Crippen LogP contribution in [0.25, 0.3) is 52.8 Å². The van der Waals surface area contributed by atoms with Crippen LogP contribution in [0.2, 0.25) is 0 Å². The van der Waals surface area contributed by atoms with Gasteiger partial charge >= 0.3 is 6.18 Å². The maximum Gasteiger partial charge on any atom is 0.416 e. The highest BCUT2D eigenvalue weighted by molar-refractivity contribution is 7.58. The lowest BCUT2D eigenvalue weighted by atomic mass is 9.97. The molecule has 6 aromatic rings. The van der Waals surface area contributed by atoms with E-state index in [1.807, 2.05) is 18.2 Å². The van der Waals surface area contributed by atoms with E-state index >= 15 is 0 Å². The molecule has 0 fully saturated rings. The van der Waals surface area contributed by atoms with Crippen LogP contribution in [0.1, 0.15) is 165 Å². The Bertz CT molecular complexity index is 2470. The molecule has 3 aromatic carbocycles. The number of halogens is 3. The van der Waals surface area contributed by atoms with Gasteiger partial charge in [-0.25, -0.2) is 0 Å². The molecule has 4 heterocycles. The number of unbranched alkanes of at least 4 members (excludes halogenated alkanes) is 18. The molecule has 0 aliphatic carbocycles. The number of alkyl halides is 3. The Kier molecular flexibility index (Phi) is 17.8. The average Bonchev–Trinajstić information content (AvgIpc) is 4.13. The first-order chi connectivity index (χ1) is 30.8. The molecular formula is C52H63F3N4S4. The van der Waals surface area contributed by atoms with Crippen molar-refractivity contribution in [3.63, 3.8) is 0 Å². The number of hydrogen-bond acceptors (Lipinski definition) is 7. The molecule has 1 aliphatic rings. The van der Waals surface area contributed by atoms with Gasteiger partial charge in [-0.05, 0) is 90.8 Å². The van der Waals surface area contributed by atoms with Crippen LogP contribution >= 0.6 is 34.4 Å². The summed E-state index contributed by atoms with van der Waals surface area (Å²) in [5, 5.41) is 0. The Morgan fingerprint density at radius 1 is 0.476 bits per heavy atom. The molecule has 0 atom stereocenters. The van der Waals surface area contributed by atoms with E-state index in [0.717, 1.165) is 103 Å². The minimum Gasteiger partial charge on any atom is -0.172 e. The van der Waals surface area contributed by atoms with E-state index in [0.29, 0.717) is 17.5 Å². The van der Waals surface area contributed by atoms with Crippen LogP contribution in [0.5, 0.6) is 0 Å². The van der Waals surface area contributed by atoms with Crippen LogP contribution in [0.15, 0.2) is 69.4 Å². The number of nitrogens with zero attached hydrogens (tertiary/aromatic N) is 4. The number of rotatable bonds is 26. The number of hydrogen-bond donors (Lipinski definition) is 0. The Balaban J connectivity index is 1.02. The molecular weight excluding hydrogens is 866 g/mol. The topological polar surface area (TPSA) is 50.5 Å². The van der Waals surface area contributed by atoms with Crippen molar-refractivity contribution < 1.29 is 13.2 Å². The van der Waals surface area contributed by atoms with Gasteiger partial charge in [-0.3, -0.25) is 0 Å². The quantitative estimate of drug-likeness (QED) is 0.0508. The zero-order valence-electron chi connectivity index (χ0n) is 37.4. The second-order valence-electron chi connectivity index (χ2n) is 17.4. The number of aryl methyl sites for hydroxylation is 3. The second kappa shape index (κ2) is 23.6. The molecule has 0 saturated carbocycles. The molecule has 0 N–H and O–H groups in total. The predicted molar refractivity (Wildman–Crippen MR) is 267 cm³/mol. The average molecular weight is 929 g/mol. The fourth-order valence-corrected chi connectivity index (χ4v) is 12.1. The summed E-state index contributed by atoms with van der Waals surface area (Å²) >= 11 is 5.52. The lowest BCUT2D eigenvalue weighted by Gasteiger charge is -2.14. The summed E-state index contributed by atoms with van der Waals surface area (Å²) in [7, 11) is 0. The number of benzene rings is 3. The summed E-state index contributed by atoms with van der Waals surface area (Å²) in [4.78, 5) is 3.90. The Morgan fingerprint density at radius 3 is 1.35 bits per heavy atom. The van der Waals surface area contributed by atoms with E-state index in [1.165, 1.54) is 142 Å². The maximum atomic E-state index is 14.5. The van der Waals surface area contributed by atoms with Gasteiger partial charge < -0.3 is 0 Å². The van der Waals surface area contributed by atoms with E-state index in [-0.39, 0.29) is 0 Å². The first-order valence-corrected chi connectivity index (χ1v) is 26.8. The number of thiophene rings is 2. The van der Waals surface area contributed by atoms with Crippen molar-refractivity contribution in [1.82, 2.24) is 8.75 Å². The van der Waals surface area contributed by atoms with Crippen molar-refractivity contribution >= 4 is 68.2 Å². The van der Waals surface area contributed by atoms with Gasteiger partial charge in [0.1, 0.15) is 22.4 Å². The Labute approximate surface area is 389 Å². The first-order valence-electron chi connectivity index (χ1n) is 23.7. The standard InChI is InChI=1S/C52H63F3N4S4/c1-4-6-8-10-12-14-16-18-20-22-24-37-26-28-39(34-36(37)3)42-30-32-44(60-42)46-48-50(58-62-56-48)47(51-49(46)57-63-59-51)45-33-31-43(61-45)40-29-27-38(41(35-40)52(53,54)55)25-23-21-19-17-15-13-11-9-7-5-2/h26-35H,4-25H2,1-3H3. The van der Waals surface area contributed by atoms with Crippen molar-refractivity contribution in [3.8, 4) is 41.8 Å². The van der Waals surface area contributed by atoms with Gasteiger partial charge in [0.05, 0.1) is 28.6 Å². The molecule has 4 nitrogen and oxygen atoms in total. The van der Waals surface area contributed by atoms with E-state index in [9.17, 15) is 13.2 Å². The number of aromatic nitrogens is 2. The summed E-state index contributed by atoms with van der Waals surface area (Å²) in [6, 6.07) is 20.0. The highest BCUT2D eigenvalue weighted by atomic mass is 32.1. The van der Waals surface area contributed by atoms with Crippen molar-refractivity contribution in [2.24, 2.45) is 8.73 Å². The molecule has 0 bridgehead atoms. The zero-order valence-corrected chi connectivity index (χ0v) is 40.7. The summed E-state index contributed by atoms with van der Waals surface area (Å²) < 4.78 is 62.7. The largest absolute Gasteiger partial charge is 0.416 e. The van der Waals surface area contributed by atoms with Gasteiger partial charge in [-0.1, -0.05) is 160 Å². The monoisotopic (exact) mass is 928 g/mol. The summed E-state index contributed by atoms with van der Waals surface area (Å²) in [6.07, 6.45) is 22.2. The Morgan fingerprint density at radius 2 is 0.889 bits per heavy atom. The summed E-state index contributed by atoms with van der Waals surface area (Å²) in [5.74, 6) is 0. The van der Waals surface area contributed by atoms with Crippen molar-refractivity contribution in [3.05, 3.63) is 82.9 Å². The van der Waals surface area contributed by atoms with E-state index in [4.69, 9.17) is 17.5 Å². The van der Waals surface area contributed by atoms with Crippen molar-refractivity contribution in [1.29, 1.82) is 0 Å². The smallest absolute Gasteiger partial charge is 0.172 e. The zero-order chi connectivity index (χ0) is 44.0. The first kappa shape index (κ1) is 47.5. The molecule has 0 unspecified atom stereocenters. The predicted octanol–water partition coefficient (Wildman–Crippen LogP) is 19.5. The molecule has 0 spiro atoms. The maximum absolute atomic E-state index is 14.5. The second-order valence-corrected chi connectivity index (χ2v) is 20.6. The minimum absolute atomic E-state index is 0.382. The van der Waals surface area contributed by atoms with E-state index in [2.05, 4.69) is 51.1 Å². The molecule has 0 radical (unpaired) electrons. The van der Waals surface area contributed by atoms with Crippen LogP contribution in [-0.2, 0) is 30.4 Å². The van der Waals surface area contributed by atoms with Crippen LogP contribution in [0.4, 0.5) is 24.5 Å². The molecule has 336 valence electrons. The molecule has 3 aromatic heterocycles. The fourth-order valence-electron chi connectivity index (χ4n) is 8.93. The van der Waals surface area contributed by atoms with Crippen LogP contribution < -0.4 is 0 Å². The third-order valence-corrected chi connectivity index (χ3v) is 15.9. The molecule has 11 heteroatoms. The van der Waals surface area contributed by atoms with Gasteiger partial charge in [0.25, 0.3) is 0 Å². The lowest BCUT2D eigenvalue weighted by molar-refractivity contribution is -0.138. The van der Waals surface area contributed by atoms with E-state index < -0.39 is 11.7 Å². The molecule has 0 amide bonds. The molecule has 0 saturated heterocycles. The molecule has 1 aliphatic heterocycles. The highest BCUT2D eigenvalue weighted by Crippen LogP contribution is 2.55. The third-order valence-electron chi connectivity index (χ3n) is 12.6. The van der Waals surface area contributed by atoms with Gasteiger partial charge in [0.2, 0.25) is 0 Å². The van der Waals surface area contributed by atoms with Crippen LogP contribution in [0, 0.1) is 6.92 Å². The molecule has 7 rings (SSSR count). The summed E-state index contributed by atoms with van der Waals surface area (Å²) in [6.45, 7) is 6.74. The third kappa shape index (κ3) is 12.4. The Hall–Kier alpha value is -3.51. The van der Waals surface area contributed by atoms with Crippen molar-refractivity contribution in [2.75, 3.05) is 0 Å². The van der Waals surface area contributed by atoms with Gasteiger partial charge in [-0.15, -0.1) is 22.7 Å². The SMILES string of the molecule is CCCCCCCCCCCCc1ccc(-c2ccc(-c3c4c(c(-c5ccc(-c6ccc(CCCCCCCCCCCC)c(C(F)(F)F)c6)s5)c5nsnc35)N=S=N4)s2)cc1C. The number of fused-ring (bicyclic) bond motifs is 2. The van der Waals surface area contributed by atoms with Crippen molar-refractivity contribution in [2.45, 2.75) is 168 Å². The fraction of sp³-hybridized carbons (Fsp3) is 0.500. The van der Waals surface area contributed by atoms with Gasteiger partial charge in [-0.2, -0.15) is 30.6 Å². The molecule has 63 heavy (non-hydrogen) atoms. The van der Waals surface area contributed by atoms with E-state index in [1.54, 1.807) is 17.4 Å². The summed E-state index contributed by atoms with van der Waals surface area (Å²) in [5.41, 5.74) is 9.20.